The lowest BCUT2D eigenvalue weighted by atomic mass is 9.86. The fraction of sp³-hybridized carbons (Fsp3) is 1.00. The van der Waals surface area contributed by atoms with Gasteiger partial charge in [0.15, 0.2) is 0 Å². The molecule has 1 heterocycles. The zero-order valence-corrected chi connectivity index (χ0v) is 8.06. The quantitative estimate of drug-likeness (QED) is 0.565. The minimum absolute atomic E-state index is 0.213. The van der Waals surface area contributed by atoms with Gasteiger partial charge in [-0.15, -0.1) is 0 Å². The summed E-state index contributed by atoms with van der Waals surface area (Å²) >= 11 is 0. The van der Waals surface area contributed by atoms with Crippen LogP contribution in [0, 0.1) is 0 Å². The van der Waals surface area contributed by atoms with E-state index in [0.29, 0.717) is 0 Å². The lowest BCUT2D eigenvalue weighted by molar-refractivity contribution is -0.0187. The summed E-state index contributed by atoms with van der Waals surface area (Å²) in [5, 5.41) is 16.7. The van der Waals surface area contributed by atoms with Gasteiger partial charge in [0.05, 0.1) is 5.60 Å². The van der Waals surface area contributed by atoms with Crippen molar-refractivity contribution in [2.75, 3.05) is 19.6 Å². The first-order valence-corrected chi connectivity index (χ1v) is 4.85. The summed E-state index contributed by atoms with van der Waals surface area (Å²) < 4.78 is 0. The van der Waals surface area contributed by atoms with Crippen LogP contribution in [0.3, 0.4) is 0 Å². The molecular formula is C9H20N2O. The molecule has 0 saturated carbocycles. The molecular weight excluding hydrogens is 152 g/mol. The van der Waals surface area contributed by atoms with E-state index in [1.54, 1.807) is 0 Å². The summed E-state index contributed by atoms with van der Waals surface area (Å²) in [6, 6.07) is 0.213. The van der Waals surface area contributed by atoms with Gasteiger partial charge in [-0.05, 0) is 39.4 Å². The second-order valence-electron chi connectivity index (χ2n) is 3.63. The van der Waals surface area contributed by atoms with Crippen LogP contribution in [0.25, 0.3) is 0 Å². The maximum atomic E-state index is 10.2. The number of piperidine rings is 1. The second-order valence-corrected chi connectivity index (χ2v) is 3.63. The minimum atomic E-state index is -0.485. The third-order valence-electron chi connectivity index (χ3n) is 2.79. The summed E-state index contributed by atoms with van der Waals surface area (Å²) in [6.07, 6.45) is 1.72. The van der Waals surface area contributed by atoms with Crippen LogP contribution in [-0.2, 0) is 0 Å². The Balaban J connectivity index is 2.44. The molecule has 1 aliphatic rings. The molecule has 1 aliphatic heterocycles. The van der Waals surface area contributed by atoms with E-state index in [0.717, 1.165) is 32.5 Å². The number of hydrogen-bond donors (Lipinski definition) is 3. The molecule has 3 heteroatoms. The second kappa shape index (κ2) is 4.21. The van der Waals surface area contributed by atoms with E-state index in [-0.39, 0.29) is 6.04 Å². The van der Waals surface area contributed by atoms with Crippen LogP contribution < -0.4 is 10.6 Å². The number of nitrogens with one attached hydrogen (secondary N) is 2. The zero-order valence-electron chi connectivity index (χ0n) is 8.06. The first-order valence-electron chi connectivity index (χ1n) is 4.85. The first-order chi connectivity index (χ1) is 5.69. The molecule has 0 spiro atoms. The molecule has 1 saturated heterocycles. The predicted molar refractivity (Wildman–Crippen MR) is 50.2 cm³/mol. The summed E-state index contributed by atoms with van der Waals surface area (Å²) in [5.74, 6) is 0. The van der Waals surface area contributed by atoms with Gasteiger partial charge in [0.1, 0.15) is 0 Å². The average molecular weight is 172 g/mol. The topological polar surface area (TPSA) is 44.3 Å². The molecule has 1 atom stereocenters. The van der Waals surface area contributed by atoms with Crippen LogP contribution in [0.4, 0.5) is 0 Å². The van der Waals surface area contributed by atoms with Gasteiger partial charge >= 0.3 is 0 Å². The minimum Gasteiger partial charge on any atom is -0.388 e. The molecule has 1 unspecified atom stereocenters. The molecule has 0 aromatic heterocycles. The van der Waals surface area contributed by atoms with Crippen LogP contribution >= 0.6 is 0 Å². The van der Waals surface area contributed by atoms with E-state index in [9.17, 15) is 5.11 Å². The van der Waals surface area contributed by atoms with E-state index in [1.807, 2.05) is 0 Å². The molecule has 72 valence electrons. The zero-order chi connectivity index (χ0) is 9.03. The number of hydrogen-bond acceptors (Lipinski definition) is 3. The Morgan fingerprint density at radius 3 is 2.58 bits per heavy atom. The van der Waals surface area contributed by atoms with Crippen molar-refractivity contribution in [1.29, 1.82) is 0 Å². The van der Waals surface area contributed by atoms with Crippen LogP contribution in [0.15, 0.2) is 0 Å². The highest BCUT2D eigenvalue weighted by Crippen LogP contribution is 2.21. The van der Waals surface area contributed by atoms with Crippen molar-refractivity contribution in [3.63, 3.8) is 0 Å². The van der Waals surface area contributed by atoms with Gasteiger partial charge in [-0.25, -0.2) is 0 Å². The van der Waals surface area contributed by atoms with Crippen molar-refractivity contribution in [3.05, 3.63) is 0 Å². The standard InChI is InChI=1S/C9H20N2O/c1-3-11-8(2)9(12)4-6-10-7-5-9/h8,10-12H,3-7H2,1-2H3. The molecule has 1 rings (SSSR count). The Kier molecular flexibility index (Phi) is 3.50. The van der Waals surface area contributed by atoms with E-state index >= 15 is 0 Å². The molecule has 1 fully saturated rings. The first kappa shape index (κ1) is 9.96. The van der Waals surface area contributed by atoms with E-state index in [1.165, 1.54) is 0 Å². The Labute approximate surface area is 74.5 Å². The summed E-state index contributed by atoms with van der Waals surface area (Å²) in [5.41, 5.74) is -0.485. The number of likely N-dealkylation sites (N-methyl/N-ethyl adjacent to an activating group) is 1. The van der Waals surface area contributed by atoms with Crippen molar-refractivity contribution in [1.82, 2.24) is 10.6 Å². The average Bonchev–Trinajstić information content (AvgIpc) is 2.06. The Hall–Kier alpha value is -0.120. The van der Waals surface area contributed by atoms with Gasteiger partial charge in [-0.3, -0.25) is 0 Å². The van der Waals surface area contributed by atoms with Crippen LogP contribution in [0.2, 0.25) is 0 Å². The van der Waals surface area contributed by atoms with E-state index in [4.69, 9.17) is 0 Å². The maximum absolute atomic E-state index is 10.2. The highest BCUT2D eigenvalue weighted by Gasteiger charge is 2.34. The molecule has 0 bridgehead atoms. The fourth-order valence-electron chi connectivity index (χ4n) is 1.79. The molecule has 0 aromatic rings. The molecule has 3 N–H and O–H groups in total. The number of aliphatic hydroxyl groups is 1. The largest absolute Gasteiger partial charge is 0.388 e. The lowest BCUT2D eigenvalue weighted by Gasteiger charge is -2.38. The van der Waals surface area contributed by atoms with Gasteiger partial charge in [-0.1, -0.05) is 6.92 Å². The van der Waals surface area contributed by atoms with Gasteiger partial charge in [0.25, 0.3) is 0 Å². The van der Waals surface area contributed by atoms with Gasteiger partial charge < -0.3 is 15.7 Å². The molecule has 12 heavy (non-hydrogen) atoms. The van der Waals surface area contributed by atoms with Crippen LogP contribution in [-0.4, -0.2) is 36.4 Å². The third-order valence-corrected chi connectivity index (χ3v) is 2.79. The van der Waals surface area contributed by atoms with Gasteiger partial charge in [0, 0.05) is 6.04 Å². The Bertz CT molecular complexity index is 132. The van der Waals surface area contributed by atoms with E-state index < -0.39 is 5.60 Å². The van der Waals surface area contributed by atoms with Crippen molar-refractivity contribution < 1.29 is 5.11 Å². The highest BCUT2D eigenvalue weighted by atomic mass is 16.3. The summed E-state index contributed by atoms with van der Waals surface area (Å²) in [7, 11) is 0. The maximum Gasteiger partial charge on any atom is 0.0821 e. The highest BCUT2D eigenvalue weighted by molar-refractivity contribution is 4.92. The lowest BCUT2D eigenvalue weighted by Crippen LogP contribution is -2.54. The van der Waals surface area contributed by atoms with Crippen molar-refractivity contribution in [2.24, 2.45) is 0 Å². The Morgan fingerprint density at radius 2 is 2.08 bits per heavy atom. The fourth-order valence-corrected chi connectivity index (χ4v) is 1.79. The van der Waals surface area contributed by atoms with Crippen molar-refractivity contribution >= 4 is 0 Å². The monoisotopic (exact) mass is 172 g/mol. The van der Waals surface area contributed by atoms with Crippen molar-refractivity contribution in [3.8, 4) is 0 Å². The number of rotatable bonds is 3. The Morgan fingerprint density at radius 1 is 1.50 bits per heavy atom. The van der Waals surface area contributed by atoms with Crippen LogP contribution in [0.1, 0.15) is 26.7 Å². The van der Waals surface area contributed by atoms with Gasteiger partial charge in [-0.2, -0.15) is 0 Å². The normalized spacial score (nSPS) is 25.2. The molecule has 0 aliphatic carbocycles. The predicted octanol–water partition coefficient (Wildman–Crippen LogP) is 0.0989. The van der Waals surface area contributed by atoms with Gasteiger partial charge in [0.2, 0.25) is 0 Å². The van der Waals surface area contributed by atoms with Crippen LogP contribution in [0.5, 0.6) is 0 Å². The molecule has 0 radical (unpaired) electrons. The molecule has 0 aromatic carbocycles. The summed E-state index contributed by atoms with van der Waals surface area (Å²) in [4.78, 5) is 0. The van der Waals surface area contributed by atoms with E-state index in [2.05, 4.69) is 24.5 Å². The van der Waals surface area contributed by atoms with Crippen molar-refractivity contribution in [2.45, 2.75) is 38.3 Å². The third kappa shape index (κ3) is 2.19. The SMILES string of the molecule is CCNC(C)C1(O)CCNCC1. The summed E-state index contributed by atoms with van der Waals surface area (Å²) in [6.45, 7) is 6.94. The molecule has 3 nitrogen and oxygen atoms in total. The smallest absolute Gasteiger partial charge is 0.0821 e. The molecule has 0 amide bonds.